The van der Waals surface area contributed by atoms with Gasteiger partial charge in [-0.15, -0.1) is 0 Å². The Morgan fingerprint density at radius 2 is 1.81 bits per heavy atom. The lowest BCUT2D eigenvalue weighted by Gasteiger charge is -2.33. The first-order chi connectivity index (χ1) is 7.50. The molecule has 0 bridgehead atoms. The molecule has 0 saturated heterocycles. The van der Waals surface area contributed by atoms with E-state index in [0.717, 1.165) is 17.8 Å². The van der Waals surface area contributed by atoms with Gasteiger partial charge in [-0.3, -0.25) is 0 Å². The maximum absolute atomic E-state index is 2.49. The third kappa shape index (κ3) is 3.86. The van der Waals surface area contributed by atoms with Gasteiger partial charge in [0.1, 0.15) is 0 Å². The van der Waals surface area contributed by atoms with Gasteiger partial charge in [-0.05, 0) is 24.2 Å². The molecule has 2 heteroatoms. The maximum atomic E-state index is 2.49. The van der Waals surface area contributed by atoms with Gasteiger partial charge in [-0.25, -0.2) is 0 Å². The van der Waals surface area contributed by atoms with E-state index in [9.17, 15) is 0 Å². The molecule has 0 aromatic carbocycles. The monoisotopic (exact) mass is 220 g/mol. The standard InChI is InChI=1S/C14H30B2/c1-4-6-12-8-7-11(3)13(12)10-14(15,16)9-5-2/h11-13H,4-10,15-16H2,1-3H3. The molecule has 0 spiro atoms. The normalized spacial score (nSPS) is 30.8. The molecule has 3 atom stereocenters. The van der Waals surface area contributed by atoms with Gasteiger partial charge in [0.2, 0.25) is 0 Å². The lowest BCUT2D eigenvalue weighted by molar-refractivity contribution is 0.273. The summed E-state index contributed by atoms with van der Waals surface area (Å²) in [4.78, 5) is 0. The van der Waals surface area contributed by atoms with Crippen LogP contribution in [0.4, 0.5) is 0 Å². The summed E-state index contributed by atoms with van der Waals surface area (Å²) in [5.74, 6) is 3.03. The van der Waals surface area contributed by atoms with Crippen LogP contribution in [0, 0.1) is 17.8 Å². The molecule has 1 aliphatic rings. The van der Waals surface area contributed by atoms with Gasteiger partial charge in [0.15, 0.2) is 0 Å². The highest BCUT2D eigenvalue weighted by Crippen LogP contribution is 2.46. The molecular weight excluding hydrogens is 190 g/mol. The Morgan fingerprint density at radius 1 is 1.12 bits per heavy atom. The summed E-state index contributed by atoms with van der Waals surface area (Å²) in [6.07, 6.45) is 10.0. The molecule has 0 aromatic heterocycles. The number of rotatable bonds is 6. The second kappa shape index (κ2) is 6.17. The zero-order valence-corrected chi connectivity index (χ0v) is 12.2. The van der Waals surface area contributed by atoms with Crippen molar-refractivity contribution in [1.82, 2.24) is 0 Å². The van der Waals surface area contributed by atoms with Crippen molar-refractivity contribution in [3.63, 3.8) is 0 Å². The number of hydrogen-bond donors (Lipinski definition) is 0. The molecule has 1 aliphatic carbocycles. The molecule has 0 aromatic rings. The Labute approximate surface area is 105 Å². The second-order valence-electron chi connectivity index (χ2n) is 6.89. The Kier molecular flexibility index (Phi) is 5.47. The largest absolute Gasteiger partial charge is 0.0992 e. The molecule has 1 saturated carbocycles. The fourth-order valence-electron chi connectivity index (χ4n) is 3.88. The Balaban J connectivity index is 2.55. The van der Waals surface area contributed by atoms with Crippen LogP contribution in [0.1, 0.15) is 65.7 Å². The van der Waals surface area contributed by atoms with Crippen molar-refractivity contribution < 1.29 is 0 Å². The zero-order valence-electron chi connectivity index (χ0n) is 12.2. The van der Waals surface area contributed by atoms with Gasteiger partial charge >= 0.3 is 0 Å². The minimum absolute atomic E-state index is 0.573. The molecule has 92 valence electrons. The van der Waals surface area contributed by atoms with Gasteiger partial charge in [-0.1, -0.05) is 64.5 Å². The van der Waals surface area contributed by atoms with E-state index in [4.69, 9.17) is 0 Å². The summed E-state index contributed by atoms with van der Waals surface area (Å²) in [6.45, 7) is 7.16. The van der Waals surface area contributed by atoms with Crippen molar-refractivity contribution in [3.05, 3.63) is 0 Å². The summed E-state index contributed by atoms with van der Waals surface area (Å²) in [6, 6.07) is 0. The van der Waals surface area contributed by atoms with Crippen molar-refractivity contribution in [2.24, 2.45) is 17.8 Å². The van der Waals surface area contributed by atoms with Crippen LogP contribution in [0.25, 0.3) is 0 Å². The van der Waals surface area contributed by atoms with Crippen LogP contribution >= 0.6 is 0 Å². The van der Waals surface area contributed by atoms with Crippen molar-refractivity contribution in [2.75, 3.05) is 0 Å². The van der Waals surface area contributed by atoms with E-state index >= 15 is 0 Å². The van der Waals surface area contributed by atoms with E-state index in [1.165, 1.54) is 44.9 Å². The first-order valence-corrected chi connectivity index (χ1v) is 7.50. The minimum Gasteiger partial charge on any atom is -0.0842 e. The van der Waals surface area contributed by atoms with E-state index in [1.54, 1.807) is 0 Å². The SMILES string of the molecule is BC(B)(CCC)CC1C(C)CCC1CCC. The summed E-state index contributed by atoms with van der Waals surface area (Å²) in [5.41, 5.74) is 0. The average molecular weight is 220 g/mol. The molecule has 0 N–H and O–H groups in total. The first-order valence-electron chi connectivity index (χ1n) is 7.50. The molecule has 0 heterocycles. The van der Waals surface area contributed by atoms with Crippen LogP contribution in [0.3, 0.4) is 0 Å². The van der Waals surface area contributed by atoms with Crippen molar-refractivity contribution in [1.29, 1.82) is 0 Å². The van der Waals surface area contributed by atoms with Gasteiger partial charge < -0.3 is 0 Å². The Bertz CT molecular complexity index is 199. The fraction of sp³-hybridized carbons (Fsp3) is 1.00. The predicted molar refractivity (Wildman–Crippen MR) is 79.6 cm³/mol. The molecular formula is C14H30B2. The third-order valence-electron chi connectivity index (χ3n) is 4.70. The van der Waals surface area contributed by atoms with Gasteiger partial charge in [-0.2, -0.15) is 0 Å². The van der Waals surface area contributed by atoms with Crippen LogP contribution in [0.2, 0.25) is 5.21 Å². The fourth-order valence-corrected chi connectivity index (χ4v) is 3.88. The third-order valence-corrected chi connectivity index (χ3v) is 4.70. The Morgan fingerprint density at radius 3 is 2.38 bits per heavy atom. The summed E-state index contributed by atoms with van der Waals surface area (Å²) >= 11 is 0. The smallest absolute Gasteiger partial charge is 0.0842 e. The lowest BCUT2D eigenvalue weighted by atomic mass is 9.48. The molecule has 0 aliphatic heterocycles. The first kappa shape index (κ1) is 14.2. The highest BCUT2D eigenvalue weighted by atomic mass is 14.4. The lowest BCUT2D eigenvalue weighted by Crippen LogP contribution is -2.23. The van der Waals surface area contributed by atoms with Crippen molar-refractivity contribution in [3.8, 4) is 0 Å². The van der Waals surface area contributed by atoms with E-state index in [2.05, 4.69) is 36.5 Å². The van der Waals surface area contributed by atoms with Crippen molar-refractivity contribution in [2.45, 2.75) is 70.9 Å². The summed E-state index contributed by atoms with van der Waals surface area (Å²) in [5, 5.41) is 0.573. The number of hydrogen-bond acceptors (Lipinski definition) is 0. The summed E-state index contributed by atoms with van der Waals surface area (Å²) < 4.78 is 0. The van der Waals surface area contributed by atoms with E-state index < -0.39 is 0 Å². The second-order valence-corrected chi connectivity index (χ2v) is 6.89. The van der Waals surface area contributed by atoms with E-state index in [0.29, 0.717) is 5.21 Å². The van der Waals surface area contributed by atoms with Crippen molar-refractivity contribution >= 4 is 15.7 Å². The predicted octanol–water partition coefficient (Wildman–Crippen LogP) is 3.02. The van der Waals surface area contributed by atoms with Crippen LogP contribution in [-0.2, 0) is 0 Å². The van der Waals surface area contributed by atoms with Crippen LogP contribution in [-0.4, -0.2) is 15.7 Å². The van der Waals surface area contributed by atoms with Gasteiger partial charge in [0.25, 0.3) is 0 Å². The van der Waals surface area contributed by atoms with Gasteiger partial charge in [0, 0.05) is 0 Å². The maximum Gasteiger partial charge on any atom is 0.0992 e. The zero-order chi connectivity index (χ0) is 12.2. The molecule has 0 radical (unpaired) electrons. The van der Waals surface area contributed by atoms with Crippen LogP contribution < -0.4 is 0 Å². The van der Waals surface area contributed by atoms with Crippen LogP contribution in [0.15, 0.2) is 0 Å². The topological polar surface area (TPSA) is 0 Å². The molecule has 1 fully saturated rings. The highest BCUT2D eigenvalue weighted by Gasteiger charge is 2.35. The summed E-state index contributed by atoms with van der Waals surface area (Å²) in [7, 11) is 4.95. The quantitative estimate of drug-likeness (QED) is 0.603. The molecule has 16 heavy (non-hydrogen) atoms. The molecule has 0 amide bonds. The molecule has 1 rings (SSSR count). The average Bonchev–Trinajstić information content (AvgIpc) is 2.50. The van der Waals surface area contributed by atoms with Gasteiger partial charge in [0.05, 0.1) is 15.7 Å². The van der Waals surface area contributed by atoms with E-state index in [1.807, 2.05) is 0 Å². The van der Waals surface area contributed by atoms with Crippen LogP contribution in [0.5, 0.6) is 0 Å². The molecule has 0 nitrogen and oxygen atoms in total. The van der Waals surface area contributed by atoms with E-state index in [-0.39, 0.29) is 0 Å². The molecule has 3 unspecified atom stereocenters. The minimum atomic E-state index is 0.573. The Hall–Kier alpha value is 0.130. The highest BCUT2D eigenvalue weighted by molar-refractivity contribution is 6.39.